The summed E-state index contributed by atoms with van der Waals surface area (Å²) in [4.78, 5) is 22.5. The Morgan fingerprint density at radius 3 is 3.04 bits per heavy atom. The molecule has 0 unspecified atom stereocenters. The minimum Gasteiger partial charge on any atom is -0.470 e. The topological polar surface area (TPSA) is 64.6 Å². The molecule has 1 spiro atoms. The number of halogens is 1. The van der Waals surface area contributed by atoms with Crippen molar-refractivity contribution in [1.29, 1.82) is 0 Å². The molecule has 2 fully saturated rings. The molecule has 2 atom stereocenters. The number of aromatic nitrogens is 2. The largest absolute Gasteiger partial charge is 0.470 e. The predicted molar refractivity (Wildman–Crippen MR) is 91.3 cm³/mol. The minimum absolute atomic E-state index is 0.00254. The smallest absolute Gasteiger partial charge is 0.255 e. The lowest BCUT2D eigenvalue weighted by atomic mass is 9.89. The monoisotopic (exact) mass is 357 g/mol. The van der Waals surface area contributed by atoms with E-state index in [1.54, 1.807) is 24.5 Å². The van der Waals surface area contributed by atoms with Crippen LogP contribution in [0.5, 0.6) is 5.88 Å². The van der Waals surface area contributed by atoms with Gasteiger partial charge in [-0.2, -0.15) is 0 Å². The molecule has 7 heteroatoms. The summed E-state index contributed by atoms with van der Waals surface area (Å²) in [6.07, 6.45) is 6.78. The summed E-state index contributed by atoms with van der Waals surface area (Å²) >= 11 is 0. The molecule has 2 saturated heterocycles. The fourth-order valence-corrected chi connectivity index (χ4v) is 3.72. The number of hydrogen-bond donors (Lipinski definition) is 0. The summed E-state index contributed by atoms with van der Waals surface area (Å²) in [7, 11) is 0. The molecule has 0 saturated carbocycles. The third-order valence-electron chi connectivity index (χ3n) is 4.91. The maximum atomic E-state index is 13.7. The maximum absolute atomic E-state index is 13.7. The first kappa shape index (κ1) is 16.9. The molecule has 6 nitrogen and oxygen atoms in total. The van der Waals surface area contributed by atoms with E-state index in [4.69, 9.17) is 9.47 Å². The van der Waals surface area contributed by atoms with Crippen molar-refractivity contribution in [3.8, 4) is 5.88 Å². The van der Waals surface area contributed by atoms with E-state index in [0.717, 1.165) is 12.8 Å². The minimum atomic E-state index is -0.481. The molecule has 0 N–H and O–H groups in total. The third kappa shape index (κ3) is 3.39. The predicted octanol–water partition coefficient (Wildman–Crippen LogP) is 2.46. The number of piperidine rings is 1. The van der Waals surface area contributed by atoms with Gasteiger partial charge in [-0.25, -0.2) is 9.37 Å². The first-order valence-electron chi connectivity index (χ1n) is 8.76. The lowest BCUT2D eigenvalue weighted by molar-refractivity contribution is -0.0453. The summed E-state index contributed by atoms with van der Waals surface area (Å²) in [6, 6.07) is 6.37. The van der Waals surface area contributed by atoms with Gasteiger partial charge in [-0.3, -0.25) is 9.78 Å². The van der Waals surface area contributed by atoms with Gasteiger partial charge in [-0.05, 0) is 37.1 Å². The Hall–Kier alpha value is -2.54. The van der Waals surface area contributed by atoms with Gasteiger partial charge < -0.3 is 14.4 Å². The Morgan fingerprint density at radius 2 is 2.23 bits per heavy atom. The van der Waals surface area contributed by atoms with Crippen LogP contribution in [-0.4, -0.2) is 52.2 Å². The zero-order chi connectivity index (χ0) is 18.0. The molecule has 0 aromatic carbocycles. The lowest BCUT2D eigenvalue weighted by Gasteiger charge is -2.39. The molecule has 0 bridgehead atoms. The Bertz CT molecular complexity index is 789. The Labute approximate surface area is 151 Å². The highest BCUT2D eigenvalue weighted by Gasteiger charge is 2.45. The van der Waals surface area contributed by atoms with Gasteiger partial charge in [0.1, 0.15) is 6.10 Å². The molecule has 4 heterocycles. The number of hydrogen-bond acceptors (Lipinski definition) is 5. The van der Waals surface area contributed by atoms with Gasteiger partial charge in [0.05, 0.1) is 24.3 Å². The van der Waals surface area contributed by atoms with Gasteiger partial charge in [0.15, 0.2) is 5.82 Å². The van der Waals surface area contributed by atoms with E-state index in [1.807, 2.05) is 4.90 Å². The van der Waals surface area contributed by atoms with Crippen LogP contribution in [0.4, 0.5) is 4.39 Å². The van der Waals surface area contributed by atoms with Crippen molar-refractivity contribution >= 4 is 5.91 Å². The Morgan fingerprint density at radius 1 is 1.35 bits per heavy atom. The maximum Gasteiger partial charge on any atom is 0.255 e. The molecule has 136 valence electrons. The van der Waals surface area contributed by atoms with Gasteiger partial charge in [-0.15, -0.1) is 0 Å². The molecule has 2 aromatic heterocycles. The van der Waals surface area contributed by atoms with Crippen LogP contribution < -0.4 is 4.74 Å². The molecule has 0 aliphatic carbocycles. The number of carbonyl (C=O) groups excluding carboxylic acids is 1. The van der Waals surface area contributed by atoms with E-state index < -0.39 is 11.4 Å². The van der Waals surface area contributed by atoms with Gasteiger partial charge >= 0.3 is 0 Å². The number of nitrogens with zero attached hydrogens (tertiary/aromatic N) is 3. The number of amides is 1. The van der Waals surface area contributed by atoms with Crippen LogP contribution in [0, 0.1) is 5.82 Å². The number of carbonyl (C=O) groups is 1. The summed E-state index contributed by atoms with van der Waals surface area (Å²) in [6.45, 7) is 1.56. The first-order valence-corrected chi connectivity index (χ1v) is 8.76. The van der Waals surface area contributed by atoms with E-state index in [9.17, 15) is 9.18 Å². The van der Waals surface area contributed by atoms with Crippen LogP contribution in [0.3, 0.4) is 0 Å². The summed E-state index contributed by atoms with van der Waals surface area (Å²) in [5.41, 5.74) is 0.136. The molecule has 0 radical (unpaired) electrons. The van der Waals surface area contributed by atoms with Crippen LogP contribution in [0.25, 0.3) is 0 Å². The molecule has 26 heavy (non-hydrogen) atoms. The van der Waals surface area contributed by atoms with Crippen molar-refractivity contribution < 1.29 is 18.7 Å². The SMILES string of the molecule is O=C(c1cccnc1)N1CCC[C@]2(C[C@@H](Oc3ncccc3F)CO2)C1. The van der Waals surface area contributed by atoms with Gasteiger partial charge in [-0.1, -0.05) is 0 Å². The fourth-order valence-electron chi connectivity index (χ4n) is 3.72. The highest BCUT2D eigenvalue weighted by atomic mass is 19.1. The Balaban J connectivity index is 1.43. The van der Waals surface area contributed by atoms with Crippen molar-refractivity contribution in [2.75, 3.05) is 19.7 Å². The van der Waals surface area contributed by atoms with Crippen LogP contribution in [0.2, 0.25) is 0 Å². The molecule has 2 aromatic rings. The van der Waals surface area contributed by atoms with Crippen molar-refractivity contribution in [2.45, 2.75) is 31.0 Å². The molecular formula is C19H20FN3O3. The zero-order valence-corrected chi connectivity index (χ0v) is 14.3. The van der Waals surface area contributed by atoms with Crippen molar-refractivity contribution in [2.24, 2.45) is 0 Å². The normalized spacial score (nSPS) is 25.4. The lowest BCUT2D eigenvalue weighted by Crippen LogP contribution is -2.50. The summed E-state index contributed by atoms with van der Waals surface area (Å²) in [5.74, 6) is -0.524. The summed E-state index contributed by atoms with van der Waals surface area (Å²) in [5, 5.41) is 0. The number of pyridine rings is 2. The van der Waals surface area contributed by atoms with E-state index in [0.29, 0.717) is 31.7 Å². The highest BCUT2D eigenvalue weighted by Crippen LogP contribution is 2.36. The molecular weight excluding hydrogens is 337 g/mol. The molecule has 4 rings (SSSR count). The quantitative estimate of drug-likeness (QED) is 0.844. The van der Waals surface area contributed by atoms with Crippen LogP contribution in [-0.2, 0) is 4.74 Å². The van der Waals surface area contributed by atoms with Crippen molar-refractivity contribution in [1.82, 2.24) is 14.9 Å². The second-order valence-corrected chi connectivity index (χ2v) is 6.80. The van der Waals surface area contributed by atoms with E-state index >= 15 is 0 Å². The standard InChI is InChI=1S/C19H20FN3O3/c20-16-5-2-8-22-17(16)26-15-10-19(25-12-15)6-3-9-23(13-19)18(24)14-4-1-7-21-11-14/h1-2,4-5,7-8,11,15H,3,6,9-10,12-13H2/t15-,19+/m1/s1. The average molecular weight is 357 g/mol. The van der Waals surface area contributed by atoms with Crippen LogP contribution >= 0.6 is 0 Å². The first-order chi connectivity index (χ1) is 12.7. The van der Waals surface area contributed by atoms with Crippen molar-refractivity contribution in [3.63, 3.8) is 0 Å². The zero-order valence-electron chi connectivity index (χ0n) is 14.3. The van der Waals surface area contributed by atoms with Crippen molar-refractivity contribution in [3.05, 3.63) is 54.2 Å². The molecule has 2 aliphatic heterocycles. The van der Waals surface area contributed by atoms with E-state index in [1.165, 1.54) is 18.3 Å². The second kappa shape index (κ2) is 6.99. The second-order valence-electron chi connectivity index (χ2n) is 6.80. The molecule has 2 aliphatic rings. The van der Waals surface area contributed by atoms with Gasteiger partial charge in [0, 0.05) is 31.6 Å². The Kier molecular flexibility index (Phi) is 4.55. The van der Waals surface area contributed by atoms with Gasteiger partial charge in [0.25, 0.3) is 11.8 Å². The van der Waals surface area contributed by atoms with E-state index in [-0.39, 0.29) is 17.9 Å². The van der Waals surface area contributed by atoms with Crippen LogP contribution in [0.1, 0.15) is 29.6 Å². The van der Waals surface area contributed by atoms with E-state index in [2.05, 4.69) is 9.97 Å². The number of rotatable bonds is 3. The number of likely N-dealkylation sites (tertiary alicyclic amines) is 1. The molecule has 1 amide bonds. The van der Waals surface area contributed by atoms with Gasteiger partial charge in [0.2, 0.25) is 0 Å². The number of ether oxygens (including phenoxy) is 2. The average Bonchev–Trinajstić information content (AvgIpc) is 3.05. The third-order valence-corrected chi connectivity index (χ3v) is 4.91. The highest BCUT2D eigenvalue weighted by molar-refractivity contribution is 5.94. The van der Waals surface area contributed by atoms with Crippen LogP contribution in [0.15, 0.2) is 42.9 Å². The summed E-state index contributed by atoms with van der Waals surface area (Å²) < 4.78 is 25.5. The fraction of sp³-hybridized carbons (Fsp3) is 0.421.